The molecule has 28 heteroatoms. The van der Waals surface area contributed by atoms with Crippen molar-refractivity contribution < 1.29 is 120 Å². The number of thiophene rings is 1. The Morgan fingerprint density at radius 2 is 0.976 bits per heavy atom. The maximum atomic E-state index is 13.3. The van der Waals surface area contributed by atoms with Crippen LogP contribution < -0.4 is 5.11 Å². The van der Waals surface area contributed by atoms with E-state index < -0.39 is 80.4 Å². The van der Waals surface area contributed by atoms with E-state index in [4.69, 9.17) is 18.9 Å². The number of ether oxygens (including phenoxy) is 6. The summed E-state index contributed by atoms with van der Waals surface area (Å²) in [5, 5.41) is 22.4. The van der Waals surface area contributed by atoms with Gasteiger partial charge in [0.25, 0.3) is 0 Å². The third-order valence-corrected chi connectivity index (χ3v) is 30.0. The van der Waals surface area contributed by atoms with E-state index in [-0.39, 0.29) is 104 Å². The predicted octanol–water partition coefficient (Wildman–Crippen LogP) is 24.1. The Hall–Kier alpha value is -7.30. The number of rotatable bonds is 21. The number of carbonyl (C=O) groups excluding carboxylic acids is 6. The van der Waals surface area contributed by atoms with Gasteiger partial charge in [0.2, 0.25) is 6.10 Å². The Morgan fingerprint density at radius 1 is 0.556 bits per heavy atom. The van der Waals surface area contributed by atoms with E-state index in [1.165, 1.54) is 43.5 Å². The van der Waals surface area contributed by atoms with E-state index in [9.17, 15) is 91.5 Å². The van der Waals surface area contributed by atoms with E-state index in [2.05, 4.69) is 163 Å². The van der Waals surface area contributed by atoms with Gasteiger partial charge >= 0.3 is 54.3 Å². The van der Waals surface area contributed by atoms with Crippen LogP contribution in [0, 0.1) is 55.7 Å². The fourth-order valence-electron chi connectivity index (χ4n) is 16.7. The molecule has 17 nitrogen and oxygen atoms in total. The van der Waals surface area contributed by atoms with Crippen LogP contribution in [0.5, 0.6) is 5.75 Å². The molecule has 4 aromatic carbocycles. The summed E-state index contributed by atoms with van der Waals surface area (Å²) in [5.41, 5.74) is -8.48. The third-order valence-electron chi connectivity index (χ3n) is 27.0. The number of halogens is 9. The first-order chi connectivity index (χ1) is 56.8. The monoisotopic (exact) mass is 1800 g/mol. The number of benzene rings is 4. The van der Waals surface area contributed by atoms with E-state index in [0.29, 0.717) is 43.8 Å². The molecule has 0 saturated heterocycles. The van der Waals surface area contributed by atoms with E-state index in [1.807, 2.05) is 87.4 Å². The molecule has 12 rings (SSSR count). The molecule has 5 aromatic rings. The van der Waals surface area contributed by atoms with Gasteiger partial charge in [0.05, 0.1) is 50.1 Å². The van der Waals surface area contributed by atoms with Crippen LogP contribution in [0.15, 0.2) is 116 Å². The van der Waals surface area contributed by atoms with Crippen LogP contribution >= 0.6 is 10.5 Å². The first kappa shape index (κ1) is 107. The summed E-state index contributed by atoms with van der Waals surface area (Å²) in [5.74, 6) is -5.56. The summed E-state index contributed by atoms with van der Waals surface area (Å²) < 4.78 is 176. The van der Waals surface area contributed by atoms with Crippen molar-refractivity contribution in [3.8, 4) is 10.6 Å². The molecule has 3 atom stereocenters. The molecule has 0 radical (unpaired) electrons. The molecule has 0 spiro atoms. The van der Waals surface area contributed by atoms with Crippen molar-refractivity contribution in [2.45, 2.75) is 339 Å². The number of aromatic hydroxyl groups is 1. The van der Waals surface area contributed by atoms with Crippen molar-refractivity contribution in [2.24, 2.45) is 55.7 Å². The molecule has 1 aromatic heterocycles. The number of phenols is 1. The third kappa shape index (κ3) is 27.4. The second-order valence-corrected chi connectivity index (χ2v) is 42.9. The van der Waals surface area contributed by atoms with Gasteiger partial charge < -0.3 is 43.2 Å². The van der Waals surface area contributed by atoms with Crippen LogP contribution in [-0.4, -0.2) is 120 Å². The minimum atomic E-state index is -6.29. The Bertz CT molecular complexity index is 4420. The Balaban J connectivity index is 0.000000264. The van der Waals surface area contributed by atoms with Gasteiger partial charge in [0, 0.05) is 27.7 Å². The molecule has 7 aliphatic rings. The highest BCUT2D eigenvalue weighted by molar-refractivity contribution is 7.85. The summed E-state index contributed by atoms with van der Waals surface area (Å²) in [7, 11) is -4.96. The molecule has 1 N–H and O–H groups in total. The molecule has 7 saturated carbocycles. The molecule has 7 fully saturated rings. The topological polar surface area (TPSA) is 258 Å². The van der Waals surface area contributed by atoms with Crippen molar-refractivity contribution in [3.63, 3.8) is 0 Å². The first-order valence-electron chi connectivity index (χ1n) is 43.2. The SMILES string of the molecule is C=CC1(OC(=O)C(C)(C)CC)CCCC1.CCC(C)(C)C(=O)OC1(C)CCCC1.CCC(C)(C)C(=O)OC12CC3CC(C1)CC(C(=O)OC(CS(=O)(=O)[O-])C(F)(F)F)(C3)C2.CCC(C)(C)C(=O)OC1CC(C)(C)C(C)C(C)(C)C1.CCC(C)(C)c1cccc(O)c1.COC(=O)C([O-])(C(F)(F)F)C(F)(F)F.c1ccc(-[s+]2c3ccccc3c3ccccc32)cc1. The molecular formula is C96H136F9O17S2-. The van der Waals surface area contributed by atoms with Gasteiger partial charge in [-0.25, -0.2) is 8.42 Å². The zero-order valence-corrected chi connectivity index (χ0v) is 78.4. The molecule has 1 heterocycles. The van der Waals surface area contributed by atoms with Crippen LogP contribution in [0.2, 0.25) is 0 Å². The zero-order valence-electron chi connectivity index (χ0n) is 76.7. The largest absolute Gasteiger partial charge is 0.828 e. The summed E-state index contributed by atoms with van der Waals surface area (Å²) in [6.45, 7) is 47.0. The average molecular weight is 1800 g/mol. The first-order valence-corrected chi connectivity index (χ1v) is 46.0. The normalized spacial score (nSPS) is 22.2. The number of carbonyl (C=O) groups is 6. The molecule has 4 bridgehead atoms. The van der Waals surface area contributed by atoms with Crippen molar-refractivity contribution in [1.29, 1.82) is 0 Å². The van der Waals surface area contributed by atoms with Crippen molar-refractivity contribution >= 4 is 76.6 Å². The fourth-order valence-corrected chi connectivity index (χ4v) is 19.7. The van der Waals surface area contributed by atoms with Crippen molar-refractivity contribution in [2.75, 3.05) is 12.9 Å². The average Bonchev–Trinajstić information content (AvgIpc) is 1.08. The highest BCUT2D eigenvalue weighted by Gasteiger charge is 2.68. The van der Waals surface area contributed by atoms with Gasteiger partial charge in [-0.3, -0.25) is 28.8 Å². The van der Waals surface area contributed by atoms with Gasteiger partial charge in [-0.2, -0.15) is 39.5 Å². The quantitative estimate of drug-likeness (QED) is 0.0179. The lowest BCUT2D eigenvalue weighted by Crippen LogP contribution is -2.71. The Morgan fingerprint density at radius 3 is 1.37 bits per heavy atom. The second kappa shape index (κ2) is 41.4. The van der Waals surface area contributed by atoms with Crippen LogP contribution in [0.25, 0.3) is 25.1 Å². The van der Waals surface area contributed by atoms with Gasteiger partial charge in [-0.05, 0) is 285 Å². The summed E-state index contributed by atoms with van der Waals surface area (Å²) in [6.07, 6.45) is -1.80. The number of hydrogen-bond donors (Lipinski definition) is 1. The van der Waals surface area contributed by atoms with Crippen molar-refractivity contribution in [3.05, 3.63) is 121 Å². The van der Waals surface area contributed by atoms with Gasteiger partial charge in [-0.15, -0.1) is 0 Å². The lowest BCUT2D eigenvalue weighted by atomic mass is 9.48. The highest BCUT2D eigenvalue weighted by Crippen LogP contribution is 2.64. The molecule has 7 aliphatic carbocycles. The van der Waals surface area contributed by atoms with E-state index in [0.717, 1.165) is 83.5 Å². The fraction of sp³-hybridized carbons (Fsp3) is 0.667. The minimum absolute atomic E-state index is 0.00100. The van der Waals surface area contributed by atoms with Crippen molar-refractivity contribution in [1.82, 2.24) is 0 Å². The van der Waals surface area contributed by atoms with Crippen LogP contribution in [-0.2, 0) is 72.7 Å². The van der Waals surface area contributed by atoms with Crippen LogP contribution in [0.4, 0.5) is 39.5 Å². The number of alkyl halides is 9. The molecular weight excluding hydrogens is 1660 g/mol. The summed E-state index contributed by atoms with van der Waals surface area (Å²) in [4.78, 5) is 73.3. The summed E-state index contributed by atoms with van der Waals surface area (Å²) >= 11 is 0. The second-order valence-electron chi connectivity index (χ2n) is 39.5. The highest BCUT2D eigenvalue weighted by atomic mass is 32.2. The zero-order chi connectivity index (χ0) is 94.5. The predicted molar refractivity (Wildman–Crippen MR) is 463 cm³/mol. The number of hydrogen-bond acceptors (Lipinski definition) is 17. The molecule has 3 unspecified atom stereocenters. The lowest BCUT2D eigenvalue weighted by Gasteiger charge is -2.60. The smallest absolute Gasteiger partial charge is 0.426 e. The number of methoxy groups -OCH3 is 1. The number of esters is 6. The molecule has 0 amide bonds. The maximum absolute atomic E-state index is 13.3. The lowest BCUT2D eigenvalue weighted by molar-refractivity contribution is -0.574. The van der Waals surface area contributed by atoms with Crippen LogP contribution in [0.1, 0.15) is 286 Å². The van der Waals surface area contributed by atoms with Gasteiger partial charge in [0.15, 0.2) is 19.9 Å². The number of fused-ring (bicyclic) bond motifs is 3. The van der Waals surface area contributed by atoms with E-state index in [1.54, 1.807) is 19.9 Å². The maximum Gasteiger partial charge on any atom is 0.426 e. The van der Waals surface area contributed by atoms with E-state index >= 15 is 0 Å². The van der Waals surface area contributed by atoms with Crippen LogP contribution in [0.3, 0.4) is 0 Å². The molecule has 124 heavy (non-hydrogen) atoms. The Labute approximate surface area is 731 Å². The van der Waals surface area contributed by atoms with Gasteiger partial charge in [0.1, 0.15) is 28.7 Å². The number of phenolic OH excluding ortho intramolecular Hbond substituents is 1. The minimum Gasteiger partial charge on any atom is -0.828 e. The molecule has 0 aliphatic heterocycles. The summed E-state index contributed by atoms with van der Waals surface area (Å²) in [6, 6.07) is 35.9. The Kier molecular flexibility index (Phi) is 35.8. The standard InChI is InChI=1S/C20H29F3O7S.C18H13S.C17H32O2.C13H22O2.C12H22O2.C11H16O.C5H3F6O3/c1-4-17(2,3)15(24)30-19-8-12-5-13(9-19)7-18(6-12,11-19)16(25)29-14(20(21,22)23)10-31(26,27)28;1-2-8-14(9-3-1)19-17-12-6-4-10-15(17)16-11-5-7-13-18(16)19;1-9-15(3,4)14(18)19-13-10-16(5,6)12(2)17(7,8)11-13;1-5-12(3,4)11(14)15-13(6-2)9-7-8-10-13;1-5-11(2,3)10(13)14-12(4)8-6-7-9-12;1-4-11(2,3)9-6-5-7-10(12)8-9;1-14-2(12)3(13,4(6,7)8)5(9,10)11/h12-14H,4-11H2,1-3H3,(H,26,27,28);1-13H;12-13H,9-11H2,1-8H3;6H,2,5,7-10H2,1,3-4H3;5-9H2,1-4H3;5-8,12H,4H2,1-3H3;1H3/q;+1;;;;;-1/p-1. The van der Waals surface area contributed by atoms with Gasteiger partial charge in [-0.1, -0.05) is 144 Å². The molecule has 698 valence electrons.